The van der Waals surface area contributed by atoms with Gasteiger partial charge in [-0.05, 0) is 82.1 Å². The molecule has 0 spiro atoms. The van der Waals surface area contributed by atoms with E-state index in [1.165, 1.54) is 48.6 Å². The molecule has 0 aliphatic rings. The van der Waals surface area contributed by atoms with E-state index in [-0.39, 0.29) is 10.9 Å². The van der Waals surface area contributed by atoms with Crippen LogP contribution in [-0.4, -0.2) is 6.18 Å². The van der Waals surface area contributed by atoms with Gasteiger partial charge in [0.1, 0.15) is 11.6 Å². The maximum absolute atomic E-state index is 14.8. The molecule has 43 heavy (non-hydrogen) atoms. The Bertz CT molecular complexity index is 1930. The Morgan fingerprint density at radius 1 is 0.605 bits per heavy atom. The summed E-state index contributed by atoms with van der Waals surface area (Å²) < 4.78 is 81.0. The third-order valence-electron chi connectivity index (χ3n) is 7.20. The highest BCUT2D eigenvalue weighted by molar-refractivity contribution is 5.88. The molecule has 0 N–H and O–H groups in total. The molecule has 0 saturated heterocycles. The monoisotopic (exact) mass is 584 g/mol. The average molecular weight is 585 g/mol. The first-order chi connectivity index (χ1) is 20.6. The molecule has 0 heterocycles. The summed E-state index contributed by atoms with van der Waals surface area (Å²) >= 11 is 0. The number of halogens is 6. The maximum atomic E-state index is 14.8. The predicted molar refractivity (Wildman–Crippen MR) is 160 cm³/mol. The molecule has 5 rings (SSSR count). The summed E-state index contributed by atoms with van der Waals surface area (Å²) in [5, 5.41) is 1.53. The first kappa shape index (κ1) is 29.8. The molecule has 0 bridgehead atoms. The highest BCUT2D eigenvalue weighted by Crippen LogP contribution is 2.29. The van der Waals surface area contributed by atoms with Crippen molar-refractivity contribution in [2.24, 2.45) is 0 Å². The second-order valence-corrected chi connectivity index (χ2v) is 10.4. The summed E-state index contributed by atoms with van der Waals surface area (Å²) in [5.74, 6) is 4.05. The predicted octanol–water partition coefficient (Wildman–Crippen LogP) is 10.5. The lowest BCUT2D eigenvalue weighted by molar-refractivity contribution is -0.0696. The number of alkyl halides is 3. The normalized spacial score (nSPS) is 11.2. The summed E-state index contributed by atoms with van der Waals surface area (Å²) in [6, 6.07) is 23.5. The lowest BCUT2D eigenvalue weighted by atomic mass is 9.98. The lowest BCUT2D eigenvalue weighted by Crippen LogP contribution is -2.03. The molecular formula is C37H26F6. The molecule has 6 heteroatoms. The summed E-state index contributed by atoms with van der Waals surface area (Å²) in [7, 11) is 0. The zero-order valence-electron chi connectivity index (χ0n) is 23.3. The van der Waals surface area contributed by atoms with Crippen LogP contribution < -0.4 is 0 Å². The van der Waals surface area contributed by atoms with Gasteiger partial charge in [0.25, 0.3) is 0 Å². The van der Waals surface area contributed by atoms with E-state index in [9.17, 15) is 26.3 Å². The summed E-state index contributed by atoms with van der Waals surface area (Å²) in [4.78, 5) is 0. The van der Waals surface area contributed by atoms with Crippen molar-refractivity contribution < 1.29 is 26.3 Å². The summed E-state index contributed by atoms with van der Waals surface area (Å²) in [5.41, 5.74) is 3.07. The second kappa shape index (κ2) is 12.7. The van der Waals surface area contributed by atoms with Crippen LogP contribution in [0.15, 0.2) is 78.9 Å². The van der Waals surface area contributed by atoms with Gasteiger partial charge < -0.3 is 0 Å². The fourth-order valence-corrected chi connectivity index (χ4v) is 5.01. The summed E-state index contributed by atoms with van der Waals surface area (Å²) in [6.45, 7) is 2.21. The van der Waals surface area contributed by atoms with E-state index < -0.39 is 34.6 Å². The van der Waals surface area contributed by atoms with Crippen molar-refractivity contribution in [1.29, 1.82) is 0 Å². The minimum atomic E-state index is -4.95. The smallest absolute Gasteiger partial charge is 0.206 e. The second-order valence-electron chi connectivity index (χ2n) is 10.4. The Morgan fingerprint density at radius 2 is 1.30 bits per heavy atom. The van der Waals surface area contributed by atoms with Crippen molar-refractivity contribution in [2.75, 3.05) is 0 Å². The van der Waals surface area contributed by atoms with Crippen molar-refractivity contribution in [2.45, 2.75) is 45.2 Å². The average Bonchev–Trinajstić information content (AvgIpc) is 2.97. The molecule has 5 aromatic rings. The van der Waals surface area contributed by atoms with E-state index >= 15 is 0 Å². The Hall–Kier alpha value is -4.68. The van der Waals surface area contributed by atoms with Gasteiger partial charge in [-0.15, -0.1) is 0 Å². The molecule has 0 unspecified atom stereocenters. The van der Waals surface area contributed by atoms with E-state index in [2.05, 4.69) is 55.2 Å². The van der Waals surface area contributed by atoms with Crippen molar-refractivity contribution in [3.8, 4) is 34.8 Å². The Balaban J connectivity index is 1.35. The van der Waals surface area contributed by atoms with Crippen LogP contribution in [0.2, 0.25) is 0 Å². The standard InChI is InChI=1S/C37H26F6/c1-2-3-4-5-6-25-11-14-30-22-29(16-15-28(30)19-25)27-12-9-24(10-13-27)7-8-26-20-31-23-33(38)32(17-18-37(41,42)43)36(40)35(31)34(39)21-26/h9-16,19-23H,2-6H2,1H3. The van der Waals surface area contributed by atoms with E-state index in [0.29, 0.717) is 5.56 Å². The third-order valence-corrected chi connectivity index (χ3v) is 7.20. The largest absolute Gasteiger partial charge is 0.458 e. The molecule has 216 valence electrons. The van der Waals surface area contributed by atoms with Crippen molar-refractivity contribution >= 4 is 21.5 Å². The zero-order valence-corrected chi connectivity index (χ0v) is 23.3. The van der Waals surface area contributed by atoms with E-state index in [1.54, 1.807) is 0 Å². The number of benzene rings is 5. The number of hydrogen-bond acceptors (Lipinski definition) is 0. The van der Waals surface area contributed by atoms with Gasteiger partial charge in [0.15, 0.2) is 5.82 Å². The number of fused-ring (bicyclic) bond motifs is 2. The van der Waals surface area contributed by atoms with Gasteiger partial charge in [0.05, 0.1) is 10.9 Å². The van der Waals surface area contributed by atoms with Gasteiger partial charge in [0.2, 0.25) is 0 Å². The fraction of sp³-hybridized carbons (Fsp3) is 0.189. The topological polar surface area (TPSA) is 0 Å². The SMILES string of the molecule is CCCCCCc1ccc2cc(-c3ccc(C#Cc4cc(F)c5c(F)c(C#CC(F)(F)F)c(F)cc5c4)cc3)ccc2c1. The van der Waals surface area contributed by atoms with Crippen molar-refractivity contribution in [3.05, 3.63) is 119 Å². The van der Waals surface area contributed by atoms with Gasteiger partial charge in [-0.2, -0.15) is 13.2 Å². The highest BCUT2D eigenvalue weighted by atomic mass is 19.4. The molecule has 0 aliphatic heterocycles. The summed E-state index contributed by atoms with van der Waals surface area (Å²) in [6.07, 6.45) is 1.08. The molecule has 5 aromatic carbocycles. The molecule has 0 aliphatic carbocycles. The van der Waals surface area contributed by atoms with Gasteiger partial charge >= 0.3 is 6.18 Å². The number of rotatable bonds is 6. The van der Waals surface area contributed by atoms with Gasteiger partial charge in [0, 0.05) is 17.0 Å². The lowest BCUT2D eigenvalue weighted by Gasteiger charge is -2.07. The molecule has 0 fully saturated rings. The third kappa shape index (κ3) is 7.22. The van der Waals surface area contributed by atoms with Crippen molar-refractivity contribution in [3.63, 3.8) is 0 Å². The van der Waals surface area contributed by atoms with Crippen LogP contribution in [0.3, 0.4) is 0 Å². The molecule has 0 saturated carbocycles. The first-order valence-electron chi connectivity index (χ1n) is 14.0. The van der Waals surface area contributed by atoms with Gasteiger partial charge in [-0.3, -0.25) is 0 Å². The quantitative estimate of drug-likeness (QED) is 0.106. The van der Waals surface area contributed by atoms with Crippen molar-refractivity contribution in [1.82, 2.24) is 0 Å². The van der Waals surface area contributed by atoms with Gasteiger partial charge in [-0.25, -0.2) is 13.2 Å². The van der Waals surface area contributed by atoms with Crippen LogP contribution in [0.1, 0.15) is 54.9 Å². The number of unbranched alkanes of at least 4 members (excludes halogenated alkanes) is 3. The zero-order chi connectivity index (χ0) is 30.6. The molecule has 0 radical (unpaired) electrons. The Kier molecular flexibility index (Phi) is 8.78. The van der Waals surface area contributed by atoms with Gasteiger partial charge in [-0.1, -0.05) is 86.4 Å². The number of hydrogen-bond donors (Lipinski definition) is 0. The van der Waals surface area contributed by atoms with E-state index in [1.807, 2.05) is 24.3 Å². The highest BCUT2D eigenvalue weighted by Gasteiger charge is 2.24. The Labute approximate surface area is 246 Å². The van der Waals surface area contributed by atoms with Crippen LogP contribution in [0.4, 0.5) is 26.3 Å². The minimum Gasteiger partial charge on any atom is -0.206 e. The molecule has 0 atom stereocenters. The molecule has 0 aromatic heterocycles. The first-order valence-corrected chi connectivity index (χ1v) is 14.0. The van der Waals surface area contributed by atoms with Crippen LogP contribution in [0, 0.1) is 41.1 Å². The fourth-order valence-electron chi connectivity index (χ4n) is 5.01. The molecule has 0 amide bonds. The molecular weight excluding hydrogens is 558 g/mol. The number of aryl methyl sites for hydroxylation is 1. The van der Waals surface area contributed by atoms with E-state index in [0.717, 1.165) is 41.0 Å². The van der Waals surface area contributed by atoms with Crippen LogP contribution >= 0.6 is 0 Å². The van der Waals surface area contributed by atoms with Crippen LogP contribution in [-0.2, 0) is 6.42 Å². The van der Waals surface area contributed by atoms with Crippen LogP contribution in [0.5, 0.6) is 0 Å². The Morgan fingerprint density at radius 3 is 2.05 bits per heavy atom. The molecule has 0 nitrogen and oxygen atoms in total. The minimum absolute atomic E-state index is 0.154. The maximum Gasteiger partial charge on any atom is 0.458 e. The van der Waals surface area contributed by atoms with Crippen LogP contribution in [0.25, 0.3) is 32.7 Å². The van der Waals surface area contributed by atoms with E-state index in [4.69, 9.17) is 0 Å².